The lowest BCUT2D eigenvalue weighted by Crippen LogP contribution is -2.72. The van der Waals surface area contributed by atoms with E-state index in [1.807, 2.05) is 121 Å². The van der Waals surface area contributed by atoms with Gasteiger partial charge in [-0.1, -0.05) is 47.5 Å². The van der Waals surface area contributed by atoms with Gasteiger partial charge in [-0.2, -0.15) is 0 Å². The first kappa shape index (κ1) is 40.6. The van der Waals surface area contributed by atoms with Crippen molar-refractivity contribution in [3.05, 3.63) is 166 Å². The van der Waals surface area contributed by atoms with E-state index in [1.54, 1.807) is 51.1 Å². The van der Waals surface area contributed by atoms with Crippen LogP contribution in [0.5, 0.6) is 23.0 Å². The first-order chi connectivity index (χ1) is 29.2. The molecule has 13 heteroatoms. The molecule has 2 atom stereocenters. The number of hydrogen-bond donors (Lipinski definition) is 0. The van der Waals surface area contributed by atoms with Crippen molar-refractivity contribution in [1.82, 2.24) is 19.8 Å². The number of halogens is 2. The van der Waals surface area contributed by atoms with Gasteiger partial charge in [-0.3, -0.25) is 19.8 Å². The number of aromatic nitrogens is 2. The minimum absolute atomic E-state index is 0.227. The quantitative estimate of drug-likeness (QED) is 0.134. The van der Waals surface area contributed by atoms with Crippen molar-refractivity contribution in [2.24, 2.45) is 0 Å². The third-order valence-corrected chi connectivity index (χ3v) is 11.7. The normalized spacial score (nSPS) is 19.2. The number of urea groups is 1. The topological polar surface area (TPSA) is 92.7 Å². The number of carbonyl (C=O) groups excluding carboxylic acids is 1. The number of pyridine rings is 2. The number of anilines is 2. The summed E-state index contributed by atoms with van der Waals surface area (Å²) < 4.78 is 26.4. The molecule has 0 aliphatic carbocycles. The van der Waals surface area contributed by atoms with E-state index in [4.69, 9.17) is 42.1 Å². The maximum Gasteiger partial charge on any atom is 0.326 e. The van der Waals surface area contributed by atoms with Crippen molar-refractivity contribution < 1.29 is 23.7 Å². The number of amides is 2. The van der Waals surface area contributed by atoms with Gasteiger partial charge in [-0.15, -0.1) is 0 Å². The zero-order chi connectivity index (χ0) is 41.9. The molecule has 0 saturated carbocycles. The lowest BCUT2D eigenvalue weighted by molar-refractivity contribution is -0.115. The standard InChI is InChI=1S/C47H46Cl2N6O5/c1-33-27-37(48)17-19-41(33)59-46(35-11-9-21-50-29-35)31-52(39-13-5-7-15-43(39)57-3)23-25-54(46)45(56)55-26-24-53(40-14-6-8-16-44(40)58-4)32-47(55,36-12-10-22-51-30-36)60-42-20-18-38(49)28-34(42)2/h5-22,27-30H,23-26,31-32H2,1-4H3/t46-,47-/m0/s1. The van der Waals surface area contributed by atoms with Gasteiger partial charge >= 0.3 is 6.03 Å². The zero-order valence-electron chi connectivity index (χ0n) is 33.9. The number of nitrogens with zero attached hydrogens (tertiary/aromatic N) is 6. The summed E-state index contributed by atoms with van der Waals surface area (Å²) in [5, 5.41) is 1.15. The van der Waals surface area contributed by atoms with Crippen LogP contribution in [0.3, 0.4) is 0 Å². The van der Waals surface area contributed by atoms with Crippen molar-refractivity contribution in [2.45, 2.75) is 25.3 Å². The molecule has 4 heterocycles. The fourth-order valence-corrected chi connectivity index (χ4v) is 8.73. The molecule has 2 saturated heterocycles. The first-order valence-electron chi connectivity index (χ1n) is 19.7. The Morgan fingerprint density at radius 2 is 1.00 bits per heavy atom. The fraction of sp³-hybridized carbons (Fsp3) is 0.255. The summed E-state index contributed by atoms with van der Waals surface area (Å²) in [4.78, 5) is 33.4. The Balaban J connectivity index is 1.32. The van der Waals surface area contributed by atoms with Gasteiger partial charge in [0.2, 0.25) is 11.4 Å². The Morgan fingerprint density at radius 3 is 1.38 bits per heavy atom. The molecule has 0 spiro atoms. The van der Waals surface area contributed by atoms with Gasteiger partial charge in [0.1, 0.15) is 23.0 Å². The van der Waals surface area contributed by atoms with Gasteiger partial charge in [-0.25, -0.2) is 4.79 Å². The van der Waals surface area contributed by atoms with Crippen LogP contribution in [0.25, 0.3) is 0 Å². The summed E-state index contributed by atoms with van der Waals surface area (Å²) in [6.07, 6.45) is 6.95. The largest absolute Gasteiger partial charge is 0.495 e. The van der Waals surface area contributed by atoms with E-state index < -0.39 is 11.4 Å². The van der Waals surface area contributed by atoms with Gasteiger partial charge in [0.25, 0.3) is 0 Å². The molecular formula is C47H46Cl2N6O5. The second kappa shape index (κ2) is 17.2. The highest BCUT2D eigenvalue weighted by molar-refractivity contribution is 6.31. The molecular weight excluding hydrogens is 799 g/mol. The van der Waals surface area contributed by atoms with Gasteiger partial charge in [0.15, 0.2) is 0 Å². The van der Waals surface area contributed by atoms with E-state index in [-0.39, 0.29) is 32.2 Å². The predicted molar refractivity (Wildman–Crippen MR) is 235 cm³/mol. The zero-order valence-corrected chi connectivity index (χ0v) is 35.4. The maximum atomic E-state index is 16.2. The lowest BCUT2D eigenvalue weighted by Gasteiger charge is -2.56. The van der Waals surface area contributed by atoms with E-state index in [2.05, 4.69) is 19.8 Å². The molecule has 308 valence electrons. The third kappa shape index (κ3) is 7.71. The Bertz CT molecular complexity index is 2290. The monoisotopic (exact) mass is 844 g/mol. The predicted octanol–water partition coefficient (Wildman–Crippen LogP) is 9.35. The summed E-state index contributed by atoms with van der Waals surface area (Å²) in [5.74, 6) is 2.54. The van der Waals surface area contributed by atoms with Crippen LogP contribution in [0.4, 0.5) is 16.2 Å². The summed E-state index contributed by atoms with van der Waals surface area (Å²) in [5.41, 5.74) is 1.86. The van der Waals surface area contributed by atoms with E-state index in [1.165, 1.54) is 0 Å². The van der Waals surface area contributed by atoms with Crippen molar-refractivity contribution in [2.75, 3.05) is 63.3 Å². The first-order valence-corrected chi connectivity index (χ1v) is 20.5. The van der Waals surface area contributed by atoms with Crippen LogP contribution in [-0.4, -0.2) is 79.3 Å². The van der Waals surface area contributed by atoms with Crippen molar-refractivity contribution in [3.63, 3.8) is 0 Å². The van der Waals surface area contributed by atoms with Gasteiger partial charge < -0.3 is 28.7 Å². The highest BCUT2D eigenvalue weighted by atomic mass is 35.5. The average Bonchev–Trinajstić information content (AvgIpc) is 3.28. The molecule has 11 nitrogen and oxygen atoms in total. The second-order valence-corrected chi connectivity index (χ2v) is 15.7. The Kier molecular flexibility index (Phi) is 11.6. The molecule has 0 radical (unpaired) electrons. The van der Waals surface area contributed by atoms with Crippen LogP contribution in [0.2, 0.25) is 10.0 Å². The summed E-state index contributed by atoms with van der Waals surface area (Å²) in [6, 6.07) is 34.0. The van der Waals surface area contributed by atoms with Crippen molar-refractivity contribution in [3.8, 4) is 23.0 Å². The minimum Gasteiger partial charge on any atom is -0.495 e. The van der Waals surface area contributed by atoms with E-state index in [9.17, 15) is 0 Å². The van der Waals surface area contributed by atoms with Crippen LogP contribution >= 0.6 is 23.2 Å². The molecule has 60 heavy (non-hydrogen) atoms. The SMILES string of the molecule is COc1ccccc1N1CCN(C(=O)N2CCN(c3ccccc3OC)C[C@]2(Oc2ccc(Cl)cc2C)c2cccnc2)[C@@](Oc2ccc(Cl)cc2C)(c2cccnc2)C1. The summed E-state index contributed by atoms with van der Waals surface area (Å²) in [6.45, 7) is 5.79. The van der Waals surface area contributed by atoms with Crippen LogP contribution in [0.1, 0.15) is 22.3 Å². The number of carbonyl (C=O) groups is 1. The highest BCUT2D eigenvalue weighted by Crippen LogP contribution is 2.45. The number of piperazine rings is 2. The molecule has 0 N–H and O–H groups in total. The molecule has 6 aromatic rings. The van der Waals surface area contributed by atoms with Crippen molar-refractivity contribution >= 4 is 40.6 Å². The van der Waals surface area contributed by atoms with Gasteiger partial charge in [-0.05, 0) is 110 Å². The van der Waals surface area contributed by atoms with Crippen molar-refractivity contribution in [1.29, 1.82) is 0 Å². The van der Waals surface area contributed by atoms with E-state index >= 15 is 4.79 Å². The van der Waals surface area contributed by atoms with Crippen LogP contribution in [0.15, 0.2) is 134 Å². The Hall–Kier alpha value is -6.17. The number of hydrogen-bond acceptors (Lipinski definition) is 9. The Labute approximate surface area is 360 Å². The Morgan fingerprint density at radius 1 is 0.567 bits per heavy atom. The number of ether oxygens (including phenoxy) is 4. The summed E-state index contributed by atoms with van der Waals surface area (Å²) >= 11 is 13.0. The number of benzene rings is 4. The second-order valence-electron chi connectivity index (χ2n) is 14.8. The summed E-state index contributed by atoms with van der Waals surface area (Å²) in [7, 11) is 3.32. The molecule has 0 bridgehead atoms. The molecule has 8 rings (SSSR count). The molecule has 2 aliphatic rings. The smallest absolute Gasteiger partial charge is 0.326 e. The van der Waals surface area contributed by atoms with E-state index in [0.29, 0.717) is 57.3 Å². The van der Waals surface area contributed by atoms with Crippen LogP contribution in [0, 0.1) is 13.8 Å². The molecule has 2 fully saturated rings. The molecule has 2 aliphatic heterocycles. The van der Waals surface area contributed by atoms with E-state index in [0.717, 1.165) is 22.5 Å². The van der Waals surface area contributed by atoms with Crippen LogP contribution in [-0.2, 0) is 11.4 Å². The maximum absolute atomic E-state index is 16.2. The highest BCUT2D eigenvalue weighted by Gasteiger charge is 2.56. The fourth-order valence-electron chi connectivity index (χ4n) is 8.28. The number of methoxy groups -OCH3 is 2. The minimum atomic E-state index is -1.43. The lowest BCUT2D eigenvalue weighted by atomic mass is 9.95. The number of rotatable bonds is 10. The third-order valence-electron chi connectivity index (χ3n) is 11.2. The number of para-hydroxylation sites is 4. The number of aryl methyl sites for hydroxylation is 2. The molecule has 2 aromatic heterocycles. The average molecular weight is 846 g/mol. The molecule has 0 unspecified atom stereocenters. The van der Waals surface area contributed by atoms with Gasteiger partial charge in [0, 0.05) is 72.1 Å². The van der Waals surface area contributed by atoms with Gasteiger partial charge in [0.05, 0.1) is 38.7 Å². The molecule has 4 aromatic carbocycles. The van der Waals surface area contributed by atoms with Crippen LogP contribution < -0.4 is 28.7 Å². The molecule has 2 amide bonds.